The van der Waals surface area contributed by atoms with Crippen molar-refractivity contribution in [1.29, 1.82) is 5.26 Å². The van der Waals surface area contributed by atoms with Gasteiger partial charge in [-0.1, -0.05) is 30.3 Å². The number of nitrogens with zero attached hydrogens (tertiary/aromatic N) is 1. The Morgan fingerprint density at radius 2 is 1.55 bits per heavy atom. The fraction of sp³-hybridized carbons (Fsp3) is 0.0435. The molecule has 156 valence electrons. The number of rotatable bonds is 7. The zero-order chi connectivity index (χ0) is 22.3. The van der Waals surface area contributed by atoms with Gasteiger partial charge in [-0.2, -0.15) is 13.7 Å². The molecule has 1 N–H and O–H groups in total. The molecule has 1 amide bonds. The zero-order valence-electron chi connectivity index (χ0n) is 16.5. The molecule has 0 saturated heterocycles. The molecule has 0 unspecified atom stereocenters. The molecule has 0 aliphatic heterocycles. The molecule has 0 aromatic heterocycles. The summed E-state index contributed by atoms with van der Waals surface area (Å²) < 4.78 is 34.7. The average molecular weight is 434 g/mol. The van der Waals surface area contributed by atoms with Gasteiger partial charge in [0, 0.05) is 5.69 Å². The highest BCUT2D eigenvalue weighted by Crippen LogP contribution is 2.21. The Kier molecular flexibility index (Phi) is 6.70. The third kappa shape index (κ3) is 5.72. The van der Waals surface area contributed by atoms with E-state index in [1.54, 1.807) is 54.6 Å². The number of nitrogens with one attached hydrogen (secondary N) is 1. The lowest BCUT2D eigenvalue weighted by atomic mass is 10.1. The molecule has 0 fully saturated rings. The minimum Gasteiger partial charge on any atom is -0.497 e. The van der Waals surface area contributed by atoms with Gasteiger partial charge in [-0.15, -0.1) is 0 Å². The number of methoxy groups -OCH3 is 1. The molecule has 8 heteroatoms. The number of amides is 1. The maximum atomic E-state index is 12.4. The van der Waals surface area contributed by atoms with Crippen LogP contribution in [-0.4, -0.2) is 21.4 Å². The maximum Gasteiger partial charge on any atom is 0.339 e. The second-order valence-electron chi connectivity index (χ2n) is 6.27. The highest BCUT2D eigenvalue weighted by Gasteiger charge is 2.16. The van der Waals surface area contributed by atoms with Crippen LogP contribution >= 0.6 is 0 Å². The van der Waals surface area contributed by atoms with Gasteiger partial charge in [0.1, 0.15) is 28.0 Å². The van der Waals surface area contributed by atoms with E-state index in [4.69, 9.17) is 8.92 Å². The molecular formula is C23H18N2O5S. The number of hydrogen-bond donors (Lipinski definition) is 1. The summed E-state index contributed by atoms with van der Waals surface area (Å²) in [5.41, 5.74) is 0.939. The van der Waals surface area contributed by atoms with Crippen molar-refractivity contribution >= 4 is 27.8 Å². The number of nitriles is 1. The molecule has 3 aromatic carbocycles. The number of carbonyl (C=O) groups is 1. The van der Waals surface area contributed by atoms with Crippen molar-refractivity contribution in [3.8, 4) is 17.6 Å². The quantitative estimate of drug-likeness (QED) is 0.342. The fourth-order valence-corrected chi connectivity index (χ4v) is 3.52. The lowest BCUT2D eigenvalue weighted by Crippen LogP contribution is -2.13. The van der Waals surface area contributed by atoms with Gasteiger partial charge in [0.25, 0.3) is 5.91 Å². The first kappa shape index (κ1) is 21.6. The van der Waals surface area contributed by atoms with Crippen molar-refractivity contribution < 1.29 is 22.1 Å². The molecule has 0 bridgehead atoms. The third-order valence-corrected chi connectivity index (χ3v) is 5.40. The fourth-order valence-electron chi connectivity index (χ4n) is 2.57. The first-order valence-corrected chi connectivity index (χ1v) is 10.5. The SMILES string of the molecule is COc1ccc(NC(=O)/C(C#N)=C/c2ccc(OS(=O)(=O)c3ccccc3)cc2)cc1. The lowest BCUT2D eigenvalue weighted by Gasteiger charge is -2.07. The zero-order valence-corrected chi connectivity index (χ0v) is 17.3. The summed E-state index contributed by atoms with van der Waals surface area (Å²) in [6.45, 7) is 0. The van der Waals surface area contributed by atoms with E-state index in [2.05, 4.69) is 5.32 Å². The van der Waals surface area contributed by atoms with E-state index in [0.717, 1.165) is 0 Å². The summed E-state index contributed by atoms with van der Waals surface area (Å²) in [6, 6.07) is 22.3. The van der Waals surface area contributed by atoms with E-state index >= 15 is 0 Å². The van der Waals surface area contributed by atoms with Gasteiger partial charge in [0.2, 0.25) is 0 Å². The summed E-state index contributed by atoms with van der Waals surface area (Å²) in [6.07, 6.45) is 1.40. The van der Waals surface area contributed by atoms with Crippen molar-refractivity contribution in [3.63, 3.8) is 0 Å². The molecule has 0 aliphatic carbocycles. The minimum atomic E-state index is -3.95. The molecular weight excluding hydrogens is 416 g/mol. The van der Waals surface area contributed by atoms with Crippen LogP contribution in [0.25, 0.3) is 6.08 Å². The topological polar surface area (TPSA) is 105 Å². The number of anilines is 1. The first-order chi connectivity index (χ1) is 14.9. The van der Waals surface area contributed by atoms with Crippen LogP contribution in [0.2, 0.25) is 0 Å². The van der Waals surface area contributed by atoms with Crippen LogP contribution in [0.15, 0.2) is 89.3 Å². The van der Waals surface area contributed by atoms with E-state index in [0.29, 0.717) is 17.0 Å². The molecule has 0 heterocycles. The van der Waals surface area contributed by atoms with Crippen molar-refractivity contribution in [2.45, 2.75) is 4.90 Å². The lowest BCUT2D eigenvalue weighted by molar-refractivity contribution is -0.112. The van der Waals surface area contributed by atoms with Crippen LogP contribution in [-0.2, 0) is 14.9 Å². The Morgan fingerprint density at radius 3 is 2.13 bits per heavy atom. The highest BCUT2D eigenvalue weighted by atomic mass is 32.2. The van der Waals surface area contributed by atoms with Crippen molar-refractivity contribution in [3.05, 3.63) is 90.0 Å². The van der Waals surface area contributed by atoms with Gasteiger partial charge in [0.05, 0.1) is 7.11 Å². The predicted octanol–water partition coefficient (Wildman–Crippen LogP) is 4.01. The van der Waals surface area contributed by atoms with Crippen LogP contribution in [0, 0.1) is 11.3 Å². The first-order valence-electron chi connectivity index (χ1n) is 9.08. The van der Waals surface area contributed by atoms with E-state index in [9.17, 15) is 18.5 Å². The molecule has 0 radical (unpaired) electrons. The smallest absolute Gasteiger partial charge is 0.339 e. The number of hydrogen-bond acceptors (Lipinski definition) is 6. The van der Waals surface area contributed by atoms with Gasteiger partial charge in [-0.25, -0.2) is 0 Å². The summed E-state index contributed by atoms with van der Waals surface area (Å²) in [4.78, 5) is 12.4. The Labute approximate surface area is 180 Å². The minimum absolute atomic E-state index is 0.0425. The van der Waals surface area contributed by atoms with E-state index in [-0.39, 0.29) is 16.2 Å². The monoisotopic (exact) mass is 434 g/mol. The van der Waals surface area contributed by atoms with Crippen LogP contribution < -0.4 is 14.2 Å². The number of ether oxygens (including phenoxy) is 1. The molecule has 0 aliphatic rings. The summed E-state index contributed by atoms with van der Waals surface area (Å²) in [7, 11) is -2.41. The van der Waals surface area contributed by atoms with Crippen molar-refractivity contribution in [1.82, 2.24) is 0 Å². The molecule has 3 aromatic rings. The molecule has 31 heavy (non-hydrogen) atoms. The van der Waals surface area contributed by atoms with Crippen LogP contribution in [0.3, 0.4) is 0 Å². The van der Waals surface area contributed by atoms with Crippen molar-refractivity contribution in [2.75, 3.05) is 12.4 Å². The second-order valence-corrected chi connectivity index (χ2v) is 7.82. The number of benzene rings is 3. The summed E-state index contributed by atoms with van der Waals surface area (Å²) in [5, 5.41) is 12.0. The maximum absolute atomic E-state index is 12.4. The summed E-state index contributed by atoms with van der Waals surface area (Å²) in [5.74, 6) is 0.187. The molecule has 7 nitrogen and oxygen atoms in total. The molecule has 3 rings (SSSR count). The normalized spacial score (nSPS) is 11.3. The molecule has 0 saturated carbocycles. The molecule has 0 atom stereocenters. The standard InChI is InChI=1S/C23H18N2O5S/c1-29-20-13-9-19(10-14-20)25-23(26)18(16-24)15-17-7-11-21(12-8-17)30-31(27,28)22-5-3-2-4-6-22/h2-15H,1H3,(H,25,26)/b18-15+. The average Bonchev–Trinajstić information content (AvgIpc) is 2.79. The Bertz CT molecular complexity index is 1230. The third-order valence-electron chi connectivity index (χ3n) is 4.14. The van der Waals surface area contributed by atoms with E-state index in [1.165, 1.54) is 37.5 Å². The highest BCUT2D eigenvalue weighted by molar-refractivity contribution is 7.87. The Balaban J connectivity index is 1.71. The van der Waals surface area contributed by atoms with E-state index < -0.39 is 16.0 Å². The van der Waals surface area contributed by atoms with Crippen LogP contribution in [0.1, 0.15) is 5.56 Å². The molecule has 0 spiro atoms. The van der Waals surface area contributed by atoms with Gasteiger partial charge in [-0.3, -0.25) is 4.79 Å². The number of carbonyl (C=O) groups excluding carboxylic acids is 1. The van der Waals surface area contributed by atoms with Gasteiger partial charge >= 0.3 is 10.1 Å². The van der Waals surface area contributed by atoms with Crippen LogP contribution in [0.4, 0.5) is 5.69 Å². The van der Waals surface area contributed by atoms with Crippen molar-refractivity contribution in [2.24, 2.45) is 0 Å². The van der Waals surface area contributed by atoms with Gasteiger partial charge in [-0.05, 0) is 60.2 Å². The largest absolute Gasteiger partial charge is 0.497 e. The second kappa shape index (κ2) is 9.61. The van der Waals surface area contributed by atoms with E-state index in [1.807, 2.05) is 6.07 Å². The summed E-state index contributed by atoms with van der Waals surface area (Å²) >= 11 is 0. The van der Waals surface area contributed by atoms with Crippen LogP contribution in [0.5, 0.6) is 11.5 Å². The Hall–Kier alpha value is -4.09. The Morgan fingerprint density at radius 1 is 0.935 bits per heavy atom. The van der Waals surface area contributed by atoms with Gasteiger partial charge < -0.3 is 14.2 Å². The predicted molar refractivity (Wildman–Crippen MR) is 116 cm³/mol. The van der Waals surface area contributed by atoms with Gasteiger partial charge in [0.15, 0.2) is 0 Å².